The SMILES string of the molecule is CC(C)CNC(=O)NC(=O)CSC(C)CCN. The van der Waals surface area contributed by atoms with Gasteiger partial charge in [-0.3, -0.25) is 10.1 Å². The second kappa shape index (κ2) is 9.30. The van der Waals surface area contributed by atoms with Crippen molar-refractivity contribution in [2.75, 3.05) is 18.8 Å². The van der Waals surface area contributed by atoms with E-state index in [1.807, 2.05) is 20.8 Å². The van der Waals surface area contributed by atoms with E-state index >= 15 is 0 Å². The summed E-state index contributed by atoms with van der Waals surface area (Å²) in [6.07, 6.45) is 0.873. The number of rotatable bonds is 7. The molecule has 0 aromatic heterocycles. The summed E-state index contributed by atoms with van der Waals surface area (Å²) in [6, 6.07) is -0.421. The van der Waals surface area contributed by atoms with E-state index in [2.05, 4.69) is 10.6 Å². The summed E-state index contributed by atoms with van der Waals surface area (Å²) in [5.74, 6) is 0.394. The average molecular weight is 261 g/mol. The predicted octanol–water partition coefficient (Wildman–Crippen LogP) is 0.939. The first kappa shape index (κ1) is 16.2. The van der Waals surface area contributed by atoms with E-state index in [9.17, 15) is 9.59 Å². The summed E-state index contributed by atoms with van der Waals surface area (Å²) in [6.45, 7) is 7.18. The fourth-order valence-electron chi connectivity index (χ4n) is 1.04. The summed E-state index contributed by atoms with van der Waals surface area (Å²) in [7, 11) is 0. The number of carbonyl (C=O) groups excluding carboxylic acids is 2. The number of hydrogen-bond acceptors (Lipinski definition) is 4. The molecule has 3 amide bonds. The lowest BCUT2D eigenvalue weighted by atomic mass is 10.2. The Bertz CT molecular complexity index is 247. The first-order valence-corrected chi connectivity index (χ1v) is 6.90. The Balaban J connectivity index is 3.67. The van der Waals surface area contributed by atoms with Gasteiger partial charge in [0, 0.05) is 11.8 Å². The lowest BCUT2D eigenvalue weighted by Gasteiger charge is -2.10. The van der Waals surface area contributed by atoms with Crippen LogP contribution in [0, 0.1) is 5.92 Å². The number of hydrogen-bond donors (Lipinski definition) is 3. The number of imide groups is 1. The normalized spacial score (nSPS) is 12.3. The molecular weight excluding hydrogens is 238 g/mol. The highest BCUT2D eigenvalue weighted by Crippen LogP contribution is 2.12. The van der Waals surface area contributed by atoms with Crippen LogP contribution in [-0.2, 0) is 4.79 Å². The first-order valence-electron chi connectivity index (χ1n) is 5.85. The Kier molecular flexibility index (Phi) is 8.89. The molecule has 0 aliphatic carbocycles. The molecule has 1 atom stereocenters. The van der Waals surface area contributed by atoms with Crippen LogP contribution in [0.5, 0.6) is 0 Å². The van der Waals surface area contributed by atoms with Crippen molar-refractivity contribution in [1.82, 2.24) is 10.6 Å². The van der Waals surface area contributed by atoms with Gasteiger partial charge in [0.25, 0.3) is 0 Å². The van der Waals surface area contributed by atoms with Crippen molar-refractivity contribution in [1.29, 1.82) is 0 Å². The molecule has 0 aliphatic rings. The molecular formula is C11H23N3O2S. The molecule has 6 heteroatoms. The molecule has 0 radical (unpaired) electrons. The maximum absolute atomic E-state index is 11.4. The number of thioether (sulfide) groups is 1. The minimum absolute atomic E-state index is 0.264. The van der Waals surface area contributed by atoms with E-state index in [1.165, 1.54) is 11.8 Å². The van der Waals surface area contributed by atoms with E-state index in [4.69, 9.17) is 5.73 Å². The highest BCUT2D eigenvalue weighted by Gasteiger charge is 2.10. The lowest BCUT2D eigenvalue weighted by molar-refractivity contribution is -0.117. The number of nitrogens with two attached hydrogens (primary N) is 1. The first-order chi connectivity index (χ1) is 7.95. The number of urea groups is 1. The summed E-state index contributed by atoms with van der Waals surface area (Å²) < 4.78 is 0. The molecule has 4 N–H and O–H groups in total. The molecule has 17 heavy (non-hydrogen) atoms. The fourth-order valence-corrected chi connectivity index (χ4v) is 1.85. The van der Waals surface area contributed by atoms with Crippen LogP contribution in [0.15, 0.2) is 0 Å². The van der Waals surface area contributed by atoms with Crippen molar-refractivity contribution in [3.63, 3.8) is 0 Å². The molecule has 0 saturated heterocycles. The van der Waals surface area contributed by atoms with Crippen LogP contribution in [0.1, 0.15) is 27.2 Å². The maximum Gasteiger partial charge on any atom is 0.321 e. The van der Waals surface area contributed by atoms with Crippen molar-refractivity contribution in [3.8, 4) is 0 Å². The zero-order chi connectivity index (χ0) is 13.3. The van der Waals surface area contributed by atoms with Gasteiger partial charge in [-0.2, -0.15) is 0 Å². The van der Waals surface area contributed by atoms with E-state index in [0.29, 0.717) is 24.3 Å². The molecule has 100 valence electrons. The monoisotopic (exact) mass is 261 g/mol. The van der Waals surface area contributed by atoms with Crippen molar-refractivity contribution in [2.45, 2.75) is 32.4 Å². The van der Waals surface area contributed by atoms with E-state index < -0.39 is 6.03 Å². The van der Waals surface area contributed by atoms with Gasteiger partial charge in [-0.05, 0) is 18.9 Å². The van der Waals surface area contributed by atoms with Crippen molar-refractivity contribution in [3.05, 3.63) is 0 Å². The minimum Gasteiger partial charge on any atom is -0.338 e. The second-order valence-corrected chi connectivity index (χ2v) is 5.78. The van der Waals surface area contributed by atoms with Crippen LogP contribution in [-0.4, -0.2) is 36.0 Å². The van der Waals surface area contributed by atoms with Gasteiger partial charge >= 0.3 is 6.03 Å². The Morgan fingerprint density at radius 2 is 1.94 bits per heavy atom. The zero-order valence-electron chi connectivity index (χ0n) is 10.8. The highest BCUT2D eigenvalue weighted by molar-refractivity contribution is 8.00. The summed E-state index contributed by atoms with van der Waals surface area (Å²) >= 11 is 1.50. The molecule has 0 aromatic rings. The molecule has 0 heterocycles. The van der Waals surface area contributed by atoms with E-state index in [1.54, 1.807) is 0 Å². The van der Waals surface area contributed by atoms with Gasteiger partial charge < -0.3 is 11.1 Å². The number of amides is 3. The number of carbonyl (C=O) groups is 2. The van der Waals surface area contributed by atoms with Crippen LogP contribution >= 0.6 is 11.8 Å². The smallest absolute Gasteiger partial charge is 0.321 e. The topological polar surface area (TPSA) is 84.2 Å². The third-order valence-electron chi connectivity index (χ3n) is 2.00. The number of nitrogens with one attached hydrogen (secondary N) is 2. The molecule has 0 bridgehead atoms. The average Bonchev–Trinajstić information content (AvgIpc) is 2.24. The lowest BCUT2D eigenvalue weighted by Crippen LogP contribution is -2.41. The van der Waals surface area contributed by atoms with Gasteiger partial charge in [-0.1, -0.05) is 20.8 Å². The van der Waals surface area contributed by atoms with Crippen LogP contribution in [0.2, 0.25) is 0 Å². The molecule has 0 saturated carbocycles. The van der Waals surface area contributed by atoms with Crippen LogP contribution < -0.4 is 16.4 Å². The predicted molar refractivity (Wildman–Crippen MR) is 72.0 cm³/mol. The summed E-state index contributed by atoms with van der Waals surface area (Å²) in [4.78, 5) is 22.6. The van der Waals surface area contributed by atoms with Crippen LogP contribution in [0.25, 0.3) is 0 Å². The Hall–Kier alpha value is -0.750. The van der Waals surface area contributed by atoms with Crippen molar-refractivity contribution in [2.24, 2.45) is 11.7 Å². The zero-order valence-corrected chi connectivity index (χ0v) is 11.6. The highest BCUT2D eigenvalue weighted by atomic mass is 32.2. The third-order valence-corrected chi connectivity index (χ3v) is 3.23. The van der Waals surface area contributed by atoms with E-state index in [0.717, 1.165) is 6.42 Å². The minimum atomic E-state index is -0.421. The Labute approximate surface area is 107 Å². The quantitative estimate of drug-likeness (QED) is 0.637. The molecule has 0 spiro atoms. The molecule has 0 aromatic carbocycles. The van der Waals surface area contributed by atoms with Crippen molar-refractivity contribution < 1.29 is 9.59 Å². The Morgan fingerprint density at radius 3 is 2.47 bits per heavy atom. The molecule has 1 unspecified atom stereocenters. The second-order valence-electron chi connectivity index (χ2n) is 4.35. The molecule has 0 rings (SSSR count). The molecule has 5 nitrogen and oxygen atoms in total. The molecule has 0 aliphatic heterocycles. The third kappa shape index (κ3) is 10.1. The summed E-state index contributed by atoms with van der Waals surface area (Å²) in [5.41, 5.74) is 5.41. The fraction of sp³-hybridized carbons (Fsp3) is 0.818. The summed E-state index contributed by atoms with van der Waals surface area (Å²) in [5, 5.41) is 5.25. The van der Waals surface area contributed by atoms with Crippen LogP contribution in [0.4, 0.5) is 4.79 Å². The largest absolute Gasteiger partial charge is 0.338 e. The Morgan fingerprint density at radius 1 is 1.29 bits per heavy atom. The van der Waals surface area contributed by atoms with Crippen LogP contribution in [0.3, 0.4) is 0 Å². The van der Waals surface area contributed by atoms with Gasteiger partial charge in [0.1, 0.15) is 0 Å². The maximum atomic E-state index is 11.4. The van der Waals surface area contributed by atoms with E-state index in [-0.39, 0.29) is 11.7 Å². The van der Waals surface area contributed by atoms with Crippen molar-refractivity contribution >= 4 is 23.7 Å². The van der Waals surface area contributed by atoms with Gasteiger partial charge in [0.15, 0.2) is 0 Å². The molecule has 0 fully saturated rings. The van der Waals surface area contributed by atoms with Gasteiger partial charge in [0.05, 0.1) is 5.75 Å². The van der Waals surface area contributed by atoms with Gasteiger partial charge in [-0.15, -0.1) is 11.8 Å². The van der Waals surface area contributed by atoms with Gasteiger partial charge in [-0.25, -0.2) is 4.79 Å². The van der Waals surface area contributed by atoms with Gasteiger partial charge in [0.2, 0.25) is 5.91 Å². The standard InChI is InChI=1S/C11H23N3O2S/c1-8(2)6-13-11(16)14-10(15)7-17-9(3)4-5-12/h8-9H,4-7,12H2,1-3H3,(H2,13,14,15,16).